The van der Waals surface area contributed by atoms with Gasteiger partial charge in [-0.1, -0.05) is 6.42 Å². The van der Waals surface area contributed by atoms with E-state index in [1.165, 1.54) is 32.1 Å². The fourth-order valence-corrected chi connectivity index (χ4v) is 4.63. The van der Waals surface area contributed by atoms with Crippen LogP contribution >= 0.6 is 0 Å². The van der Waals surface area contributed by atoms with Crippen molar-refractivity contribution in [1.29, 1.82) is 0 Å². The number of nitrogens with two attached hydrogens (primary N) is 1. The minimum Gasteiger partial charge on any atom is -0.381 e. The first kappa shape index (κ1) is 12.9. The molecule has 0 bridgehead atoms. The van der Waals surface area contributed by atoms with Gasteiger partial charge in [-0.25, -0.2) is 0 Å². The highest BCUT2D eigenvalue weighted by molar-refractivity contribution is 5.11. The lowest BCUT2D eigenvalue weighted by atomic mass is 9.65. The van der Waals surface area contributed by atoms with Crippen molar-refractivity contribution < 1.29 is 9.47 Å². The molecule has 3 fully saturated rings. The summed E-state index contributed by atoms with van der Waals surface area (Å²) >= 11 is 0. The van der Waals surface area contributed by atoms with Gasteiger partial charge in [0, 0.05) is 38.4 Å². The molecule has 0 aromatic rings. The van der Waals surface area contributed by atoms with Crippen LogP contribution in [0.25, 0.3) is 0 Å². The zero-order valence-corrected chi connectivity index (χ0v) is 11.3. The summed E-state index contributed by atoms with van der Waals surface area (Å²) in [4.78, 5) is 2.65. The lowest BCUT2D eigenvalue weighted by molar-refractivity contribution is -0.103. The molecule has 2 aliphatic heterocycles. The third-order valence-corrected chi connectivity index (χ3v) is 5.64. The quantitative estimate of drug-likeness (QED) is 0.798. The Balaban J connectivity index is 1.87. The van der Waals surface area contributed by atoms with E-state index in [0.717, 1.165) is 46.1 Å². The first-order valence-electron chi connectivity index (χ1n) is 7.44. The van der Waals surface area contributed by atoms with Gasteiger partial charge in [0.2, 0.25) is 0 Å². The van der Waals surface area contributed by atoms with E-state index in [2.05, 4.69) is 4.90 Å². The van der Waals surface area contributed by atoms with E-state index in [0.29, 0.717) is 5.41 Å². The zero-order chi connectivity index (χ0) is 12.5. The average Bonchev–Trinajstić information content (AvgIpc) is 2.80. The molecule has 2 saturated heterocycles. The fraction of sp³-hybridized carbons (Fsp3) is 1.00. The van der Waals surface area contributed by atoms with Gasteiger partial charge in [0.15, 0.2) is 0 Å². The Morgan fingerprint density at radius 1 is 0.889 bits per heavy atom. The Morgan fingerprint density at radius 3 is 2.22 bits per heavy atom. The van der Waals surface area contributed by atoms with Crippen molar-refractivity contribution in [1.82, 2.24) is 4.90 Å². The third kappa shape index (κ3) is 1.82. The van der Waals surface area contributed by atoms with Crippen LogP contribution in [0.2, 0.25) is 0 Å². The molecule has 3 rings (SSSR count). The molecule has 104 valence electrons. The van der Waals surface area contributed by atoms with E-state index < -0.39 is 0 Å². The van der Waals surface area contributed by atoms with Gasteiger partial charge in [-0.3, -0.25) is 4.90 Å². The van der Waals surface area contributed by atoms with Crippen molar-refractivity contribution >= 4 is 0 Å². The average molecular weight is 254 g/mol. The molecule has 3 aliphatic rings. The first-order chi connectivity index (χ1) is 8.83. The fourth-order valence-electron chi connectivity index (χ4n) is 4.63. The SMILES string of the molecule is NCC1(N2CCOCC2)CCCC12CCOCC2. The first-order valence-corrected chi connectivity index (χ1v) is 7.44. The van der Waals surface area contributed by atoms with Crippen molar-refractivity contribution in [3.05, 3.63) is 0 Å². The van der Waals surface area contributed by atoms with Crippen LogP contribution in [-0.2, 0) is 9.47 Å². The lowest BCUT2D eigenvalue weighted by Gasteiger charge is -2.54. The topological polar surface area (TPSA) is 47.7 Å². The van der Waals surface area contributed by atoms with E-state index in [1.54, 1.807) is 0 Å². The van der Waals surface area contributed by atoms with Crippen LogP contribution in [0.5, 0.6) is 0 Å². The molecule has 1 aliphatic carbocycles. The predicted octanol–water partition coefficient (Wildman–Crippen LogP) is 0.997. The lowest BCUT2D eigenvalue weighted by Crippen LogP contribution is -2.65. The van der Waals surface area contributed by atoms with Crippen molar-refractivity contribution in [3.8, 4) is 0 Å². The molecule has 2 N–H and O–H groups in total. The smallest absolute Gasteiger partial charge is 0.0594 e. The summed E-state index contributed by atoms with van der Waals surface area (Å²) in [5.41, 5.74) is 6.92. The maximum Gasteiger partial charge on any atom is 0.0594 e. The molecule has 1 spiro atoms. The summed E-state index contributed by atoms with van der Waals surface area (Å²) in [5.74, 6) is 0. The second-order valence-corrected chi connectivity index (χ2v) is 6.08. The maximum absolute atomic E-state index is 6.28. The van der Waals surface area contributed by atoms with Crippen molar-refractivity contribution in [2.75, 3.05) is 46.1 Å². The van der Waals surface area contributed by atoms with Crippen molar-refractivity contribution in [2.45, 2.75) is 37.6 Å². The van der Waals surface area contributed by atoms with Crippen LogP contribution in [-0.4, -0.2) is 56.5 Å². The normalized spacial score (nSPS) is 37.2. The van der Waals surface area contributed by atoms with Crippen LogP contribution in [0.3, 0.4) is 0 Å². The highest BCUT2D eigenvalue weighted by Crippen LogP contribution is 2.55. The van der Waals surface area contributed by atoms with Gasteiger partial charge in [-0.05, 0) is 31.1 Å². The number of hydrogen-bond donors (Lipinski definition) is 1. The number of nitrogens with zero attached hydrogens (tertiary/aromatic N) is 1. The van der Waals surface area contributed by atoms with Gasteiger partial charge >= 0.3 is 0 Å². The second kappa shape index (κ2) is 5.08. The molecular formula is C14H26N2O2. The molecule has 4 heteroatoms. The number of morpholine rings is 1. The number of rotatable bonds is 2. The van der Waals surface area contributed by atoms with Gasteiger partial charge in [0.05, 0.1) is 13.2 Å². The summed E-state index contributed by atoms with van der Waals surface area (Å²) < 4.78 is 11.1. The van der Waals surface area contributed by atoms with Crippen LogP contribution in [0.1, 0.15) is 32.1 Å². The van der Waals surface area contributed by atoms with E-state index >= 15 is 0 Å². The van der Waals surface area contributed by atoms with Gasteiger partial charge in [0.25, 0.3) is 0 Å². The number of ether oxygens (including phenoxy) is 2. The second-order valence-electron chi connectivity index (χ2n) is 6.08. The van der Waals surface area contributed by atoms with Crippen LogP contribution in [0.4, 0.5) is 0 Å². The van der Waals surface area contributed by atoms with E-state index in [1.807, 2.05) is 0 Å². The molecule has 1 unspecified atom stereocenters. The molecule has 2 heterocycles. The maximum atomic E-state index is 6.28. The summed E-state index contributed by atoms with van der Waals surface area (Å²) in [5, 5.41) is 0. The molecule has 0 amide bonds. The molecular weight excluding hydrogens is 228 g/mol. The molecule has 1 atom stereocenters. The largest absolute Gasteiger partial charge is 0.381 e. The van der Waals surface area contributed by atoms with Gasteiger partial charge in [0.1, 0.15) is 0 Å². The number of hydrogen-bond acceptors (Lipinski definition) is 4. The Labute approximate surface area is 110 Å². The molecule has 0 aromatic carbocycles. The van der Waals surface area contributed by atoms with E-state index in [-0.39, 0.29) is 5.54 Å². The molecule has 0 radical (unpaired) electrons. The molecule has 18 heavy (non-hydrogen) atoms. The van der Waals surface area contributed by atoms with Gasteiger partial charge in [-0.15, -0.1) is 0 Å². The van der Waals surface area contributed by atoms with Gasteiger partial charge < -0.3 is 15.2 Å². The van der Waals surface area contributed by atoms with E-state index in [9.17, 15) is 0 Å². The Kier molecular flexibility index (Phi) is 3.63. The molecule has 4 nitrogen and oxygen atoms in total. The summed E-state index contributed by atoms with van der Waals surface area (Å²) in [6, 6.07) is 0. The molecule has 0 aromatic heterocycles. The highest BCUT2D eigenvalue weighted by atomic mass is 16.5. The van der Waals surface area contributed by atoms with Crippen LogP contribution in [0.15, 0.2) is 0 Å². The van der Waals surface area contributed by atoms with E-state index in [4.69, 9.17) is 15.2 Å². The third-order valence-electron chi connectivity index (χ3n) is 5.64. The Bertz CT molecular complexity index is 286. The standard InChI is InChI=1S/C14H26N2O2/c15-12-14(16-6-10-18-11-7-16)3-1-2-13(14)4-8-17-9-5-13/h1-12,15H2. The summed E-state index contributed by atoms with van der Waals surface area (Å²) in [6.45, 7) is 6.49. The monoisotopic (exact) mass is 254 g/mol. The summed E-state index contributed by atoms with van der Waals surface area (Å²) in [7, 11) is 0. The zero-order valence-electron chi connectivity index (χ0n) is 11.3. The predicted molar refractivity (Wildman–Crippen MR) is 70.5 cm³/mol. The Morgan fingerprint density at radius 2 is 1.56 bits per heavy atom. The summed E-state index contributed by atoms with van der Waals surface area (Å²) in [6.07, 6.45) is 6.33. The minimum absolute atomic E-state index is 0.223. The Hall–Kier alpha value is -0.160. The molecule has 1 saturated carbocycles. The van der Waals surface area contributed by atoms with Crippen molar-refractivity contribution in [2.24, 2.45) is 11.1 Å². The van der Waals surface area contributed by atoms with Gasteiger partial charge in [-0.2, -0.15) is 0 Å². The van der Waals surface area contributed by atoms with Crippen molar-refractivity contribution in [3.63, 3.8) is 0 Å². The van der Waals surface area contributed by atoms with Crippen LogP contribution in [0, 0.1) is 5.41 Å². The van der Waals surface area contributed by atoms with Crippen LogP contribution < -0.4 is 5.73 Å². The highest BCUT2D eigenvalue weighted by Gasteiger charge is 2.57. The minimum atomic E-state index is 0.223.